The van der Waals surface area contributed by atoms with E-state index in [2.05, 4.69) is 5.32 Å². The molecule has 1 saturated heterocycles. The number of hydrogen-bond donors (Lipinski definition) is 2. The van der Waals surface area contributed by atoms with Gasteiger partial charge in [0, 0.05) is 48.6 Å². The molecule has 2 N–H and O–H groups in total. The van der Waals surface area contributed by atoms with Gasteiger partial charge in [-0.15, -0.1) is 0 Å². The number of carboxylic acid groups (broad SMARTS) is 1. The summed E-state index contributed by atoms with van der Waals surface area (Å²) in [6.45, 7) is 1.08. The van der Waals surface area contributed by atoms with Crippen LogP contribution in [0, 0.1) is 24.4 Å². The Balaban J connectivity index is 1.55. The monoisotopic (exact) mass is 717 g/mol. The number of likely N-dealkylation sites (tertiary alicyclic amines) is 1. The zero-order chi connectivity index (χ0) is 36.8. The molecule has 3 heterocycles. The smallest absolute Gasteiger partial charge is 0.416 e. The summed E-state index contributed by atoms with van der Waals surface area (Å²) in [5, 5.41) is 12.2. The number of amides is 1. The van der Waals surface area contributed by atoms with Crippen molar-refractivity contribution in [3.63, 3.8) is 0 Å². The third-order valence-corrected chi connectivity index (χ3v) is 8.96. The summed E-state index contributed by atoms with van der Waals surface area (Å²) in [7, 11) is 0. The van der Waals surface area contributed by atoms with Crippen LogP contribution in [0.2, 0.25) is 0 Å². The molecule has 0 aliphatic carbocycles. The number of rotatable bonds is 6. The van der Waals surface area contributed by atoms with E-state index in [1.807, 2.05) is 0 Å². The van der Waals surface area contributed by atoms with Crippen molar-refractivity contribution in [1.82, 2.24) is 14.8 Å². The van der Waals surface area contributed by atoms with Crippen molar-refractivity contribution in [2.24, 2.45) is 0 Å². The van der Waals surface area contributed by atoms with Crippen molar-refractivity contribution in [3.05, 3.63) is 122 Å². The number of halogens is 7. The minimum atomic E-state index is -4.99. The lowest BCUT2D eigenvalue weighted by molar-refractivity contribution is -0.139. The Labute approximate surface area is 286 Å². The third kappa shape index (κ3) is 7.48. The van der Waals surface area contributed by atoms with E-state index in [4.69, 9.17) is 4.74 Å². The number of fused-ring (bicyclic) bond motifs is 6. The summed E-state index contributed by atoms with van der Waals surface area (Å²) >= 11 is 0. The van der Waals surface area contributed by atoms with Crippen molar-refractivity contribution in [3.8, 4) is 16.9 Å². The lowest BCUT2D eigenvalue weighted by Gasteiger charge is -2.34. The number of aromatic nitrogens is 1. The van der Waals surface area contributed by atoms with E-state index in [1.165, 1.54) is 31.2 Å². The number of ether oxygens (including phenoxy) is 1. The van der Waals surface area contributed by atoms with Gasteiger partial charge in [0.1, 0.15) is 42.0 Å². The standard InChI is InChI=1S/C36H30F7N3O5/c1-18-8-21-10-26(33(18)40)29(13-32(48)49)44-35(50)34(25-9-19(2-4-28(25)39)17-51-30-5-3-22(37)11-24(21)30)46-14-20(6-7-45-15-23(38)16-45)27(12-31(46)47)36(41,42)43/h2-5,8-12,14,23,29,34H,6-7,13,15-17H2,1H3,(H,44,50)(H,48,49). The topological polar surface area (TPSA) is 101 Å². The number of alkyl halides is 4. The molecular weight excluding hydrogens is 687 g/mol. The molecular formula is C36H30F7N3O5. The van der Waals surface area contributed by atoms with E-state index in [9.17, 15) is 41.4 Å². The number of aryl methyl sites for hydroxylation is 1. The molecule has 15 heteroatoms. The molecule has 4 aromatic rings. The Bertz CT molecular complexity index is 2080. The Hall–Kier alpha value is -5.18. The van der Waals surface area contributed by atoms with E-state index < -0.39 is 82.4 Å². The summed E-state index contributed by atoms with van der Waals surface area (Å²) in [6, 6.07) is 6.17. The molecule has 1 aromatic heterocycles. The normalized spacial score (nSPS) is 18.2. The van der Waals surface area contributed by atoms with Crippen LogP contribution in [0.15, 0.2) is 65.6 Å². The fourth-order valence-corrected chi connectivity index (χ4v) is 6.42. The van der Waals surface area contributed by atoms with Gasteiger partial charge in [-0.05, 0) is 78.1 Å². The van der Waals surface area contributed by atoms with Crippen molar-refractivity contribution in [1.29, 1.82) is 0 Å². The maximum absolute atomic E-state index is 15.8. The first kappa shape index (κ1) is 35.6. The highest BCUT2D eigenvalue weighted by Crippen LogP contribution is 2.37. The van der Waals surface area contributed by atoms with Gasteiger partial charge in [0.05, 0.1) is 18.0 Å². The summed E-state index contributed by atoms with van der Waals surface area (Å²) < 4.78 is 109. The van der Waals surface area contributed by atoms with Crippen molar-refractivity contribution in [2.45, 2.75) is 50.8 Å². The number of carboxylic acids is 1. The van der Waals surface area contributed by atoms with E-state index >= 15 is 8.78 Å². The number of aliphatic carboxylic acids is 1. The van der Waals surface area contributed by atoms with E-state index in [0.717, 1.165) is 30.5 Å². The molecule has 2 unspecified atom stereocenters. The van der Waals surface area contributed by atoms with Crippen LogP contribution in [0.3, 0.4) is 0 Å². The van der Waals surface area contributed by atoms with Gasteiger partial charge < -0.3 is 15.2 Å². The van der Waals surface area contributed by atoms with Gasteiger partial charge in [0.15, 0.2) is 0 Å². The van der Waals surface area contributed by atoms with Gasteiger partial charge >= 0.3 is 12.1 Å². The second-order valence-electron chi connectivity index (χ2n) is 12.6. The summed E-state index contributed by atoms with van der Waals surface area (Å²) in [5.74, 6) is -5.23. The number of benzene rings is 3. The second kappa shape index (κ2) is 13.9. The Morgan fingerprint density at radius 3 is 2.43 bits per heavy atom. The molecule has 51 heavy (non-hydrogen) atoms. The number of pyridine rings is 1. The zero-order valence-electron chi connectivity index (χ0n) is 26.9. The molecule has 2 atom stereocenters. The lowest BCUT2D eigenvalue weighted by atomic mass is 9.93. The molecule has 0 spiro atoms. The molecule has 2 aliphatic heterocycles. The van der Waals surface area contributed by atoms with Crippen LogP contribution in [0.5, 0.6) is 5.75 Å². The molecule has 2 aliphatic rings. The van der Waals surface area contributed by atoms with Crippen molar-refractivity contribution < 1.29 is 50.2 Å². The number of carbonyl (C=O) groups excluding carboxylic acids is 1. The van der Waals surface area contributed by atoms with Crippen LogP contribution in [0.25, 0.3) is 11.1 Å². The number of hydrogen-bond acceptors (Lipinski definition) is 5. The fourth-order valence-electron chi connectivity index (χ4n) is 6.42. The third-order valence-electron chi connectivity index (χ3n) is 8.96. The summed E-state index contributed by atoms with van der Waals surface area (Å²) in [5.41, 5.74) is -3.28. The van der Waals surface area contributed by atoms with Gasteiger partial charge in [-0.2, -0.15) is 13.2 Å². The molecule has 8 nitrogen and oxygen atoms in total. The predicted molar refractivity (Wildman–Crippen MR) is 169 cm³/mol. The van der Waals surface area contributed by atoms with Gasteiger partial charge in [-0.1, -0.05) is 6.07 Å². The average molecular weight is 718 g/mol. The van der Waals surface area contributed by atoms with Crippen LogP contribution in [-0.4, -0.2) is 52.3 Å². The highest BCUT2D eigenvalue weighted by molar-refractivity contribution is 5.85. The molecule has 268 valence electrons. The average Bonchev–Trinajstić information content (AvgIpc) is 3.04. The van der Waals surface area contributed by atoms with Crippen LogP contribution >= 0.6 is 0 Å². The molecule has 1 amide bonds. The lowest BCUT2D eigenvalue weighted by Crippen LogP contribution is -2.49. The van der Waals surface area contributed by atoms with Crippen LogP contribution < -0.4 is 15.6 Å². The maximum Gasteiger partial charge on any atom is 0.416 e. The minimum absolute atomic E-state index is 0.00728. The molecule has 6 rings (SSSR count). The first-order valence-corrected chi connectivity index (χ1v) is 15.8. The first-order chi connectivity index (χ1) is 24.1. The molecule has 0 radical (unpaired) electrons. The van der Waals surface area contributed by atoms with E-state index in [-0.39, 0.29) is 72.3 Å². The van der Waals surface area contributed by atoms with E-state index in [0.29, 0.717) is 4.57 Å². The highest BCUT2D eigenvalue weighted by atomic mass is 19.4. The van der Waals surface area contributed by atoms with Gasteiger partial charge in [0.2, 0.25) is 5.91 Å². The van der Waals surface area contributed by atoms with Gasteiger partial charge in [0.25, 0.3) is 5.56 Å². The Morgan fingerprint density at radius 2 is 1.75 bits per heavy atom. The number of nitrogens with one attached hydrogen (secondary N) is 1. The molecule has 4 bridgehead atoms. The second-order valence-corrected chi connectivity index (χ2v) is 12.6. The Morgan fingerprint density at radius 1 is 1.00 bits per heavy atom. The van der Waals surface area contributed by atoms with Crippen LogP contribution in [0.1, 0.15) is 51.9 Å². The fraction of sp³-hybridized carbons (Fsp3) is 0.306. The SMILES string of the molecule is Cc1cc2cc(c1F)C(CC(=O)O)NC(=O)C(n1cc(CCN3CC(F)C3)c(C(F)(F)F)cc1=O)c1cc(ccc1F)COc1ccc(F)cc1-2. The largest absolute Gasteiger partial charge is 0.488 e. The first-order valence-electron chi connectivity index (χ1n) is 15.8. The Kier molecular flexibility index (Phi) is 9.68. The zero-order valence-corrected chi connectivity index (χ0v) is 26.9. The summed E-state index contributed by atoms with van der Waals surface area (Å²) in [6.07, 6.45) is -6.56. The predicted octanol–water partition coefficient (Wildman–Crippen LogP) is 6.27. The van der Waals surface area contributed by atoms with Gasteiger partial charge in [-0.25, -0.2) is 17.6 Å². The number of carbonyl (C=O) groups is 2. The summed E-state index contributed by atoms with van der Waals surface area (Å²) in [4.78, 5) is 41.3. The van der Waals surface area contributed by atoms with E-state index in [1.54, 1.807) is 4.90 Å². The van der Waals surface area contributed by atoms with Crippen molar-refractivity contribution in [2.75, 3.05) is 19.6 Å². The van der Waals surface area contributed by atoms with Crippen LogP contribution in [0.4, 0.5) is 30.7 Å². The maximum atomic E-state index is 15.8. The highest BCUT2D eigenvalue weighted by Gasteiger charge is 2.37. The van der Waals surface area contributed by atoms with Gasteiger partial charge in [-0.3, -0.25) is 23.9 Å². The molecule has 0 saturated carbocycles. The molecule has 3 aromatic carbocycles. The minimum Gasteiger partial charge on any atom is -0.488 e. The molecule has 1 fully saturated rings. The quantitative estimate of drug-likeness (QED) is 0.228. The number of nitrogens with zero attached hydrogens (tertiary/aromatic N) is 2. The van der Waals surface area contributed by atoms with Crippen LogP contribution in [-0.2, 0) is 28.8 Å². The van der Waals surface area contributed by atoms with Crippen molar-refractivity contribution >= 4 is 11.9 Å².